The van der Waals surface area contributed by atoms with Gasteiger partial charge in [0, 0.05) is 18.7 Å². The molecule has 2 aromatic rings. The number of halogens is 2. The summed E-state index contributed by atoms with van der Waals surface area (Å²) in [6.45, 7) is 0.0331. The number of amides is 2. The Labute approximate surface area is 153 Å². The van der Waals surface area contributed by atoms with Crippen LogP contribution in [-0.4, -0.2) is 31.4 Å². The van der Waals surface area contributed by atoms with Crippen LogP contribution in [0.3, 0.4) is 0 Å². The summed E-state index contributed by atoms with van der Waals surface area (Å²) in [5.41, 5.74) is 0.167. The van der Waals surface area contributed by atoms with Crippen molar-refractivity contribution in [3.8, 4) is 0 Å². The van der Waals surface area contributed by atoms with Crippen molar-refractivity contribution in [1.29, 1.82) is 0 Å². The number of ether oxygens (including phenoxy) is 1. The molecular formula is C19H16F2N2O4. The molecule has 0 saturated carbocycles. The minimum atomic E-state index is -0.893. The van der Waals surface area contributed by atoms with Crippen molar-refractivity contribution in [2.24, 2.45) is 5.92 Å². The molecule has 3 rings (SSSR count). The average Bonchev–Trinajstić information content (AvgIpc) is 3.06. The van der Waals surface area contributed by atoms with E-state index in [4.69, 9.17) is 0 Å². The molecule has 0 radical (unpaired) electrons. The molecule has 6 nitrogen and oxygen atoms in total. The summed E-state index contributed by atoms with van der Waals surface area (Å²) in [5, 5.41) is 2.21. The molecule has 1 fully saturated rings. The van der Waals surface area contributed by atoms with E-state index in [1.54, 1.807) is 18.2 Å². The standard InChI is InChI=1S/C19H16F2N2O4/c1-27-19(26)11-4-2-5-13(8-11)23-10-12(9-16(23)24)18(25)22-17-14(20)6-3-7-15(17)21/h2-8,12H,9-10H2,1H3,(H,22,25). The maximum absolute atomic E-state index is 13.7. The third kappa shape index (κ3) is 3.79. The number of benzene rings is 2. The van der Waals surface area contributed by atoms with Gasteiger partial charge >= 0.3 is 5.97 Å². The molecule has 0 aromatic heterocycles. The van der Waals surface area contributed by atoms with Crippen molar-refractivity contribution in [2.75, 3.05) is 23.9 Å². The lowest BCUT2D eigenvalue weighted by molar-refractivity contribution is -0.122. The fraction of sp³-hybridized carbons (Fsp3) is 0.211. The molecule has 2 aromatic carbocycles. The number of carbonyl (C=O) groups is 3. The summed E-state index contributed by atoms with van der Waals surface area (Å²) in [7, 11) is 1.25. The van der Waals surface area contributed by atoms with Gasteiger partial charge < -0.3 is 15.0 Å². The van der Waals surface area contributed by atoms with Gasteiger partial charge in [0.2, 0.25) is 11.8 Å². The number of hydrogen-bond acceptors (Lipinski definition) is 4. The highest BCUT2D eigenvalue weighted by Gasteiger charge is 2.36. The lowest BCUT2D eigenvalue weighted by atomic mass is 10.1. The van der Waals surface area contributed by atoms with Gasteiger partial charge in [-0.25, -0.2) is 13.6 Å². The lowest BCUT2D eigenvalue weighted by Crippen LogP contribution is -2.28. The third-order valence-corrected chi connectivity index (χ3v) is 4.29. The average molecular weight is 374 g/mol. The first-order chi connectivity index (χ1) is 12.9. The minimum Gasteiger partial charge on any atom is -0.465 e. The Hall–Kier alpha value is -3.29. The molecule has 2 amide bonds. The number of nitrogens with zero attached hydrogens (tertiary/aromatic N) is 1. The van der Waals surface area contributed by atoms with E-state index in [2.05, 4.69) is 10.1 Å². The van der Waals surface area contributed by atoms with E-state index in [-0.39, 0.29) is 24.4 Å². The molecule has 1 aliphatic rings. The van der Waals surface area contributed by atoms with Gasteiger partial charge in [0.15, 0.2) is 0 Å². The molecule has 1 atom stereocenters. The normalized spacial score (nSPS) is 16.3. The first-order valence-electron chi connectivity index (χ1n) is 8.14. The van der Waals surface area contributed by atoms with E-state index in [0.717, 1.165) is 12.1 Å². The zero-order valence-electron chi connectivity index (χ0n) is 14.4. The second kappa shape index (κ2) is 7.53. The molecule has 1 aliphatic heterocycles. The monoisotopic (exact) mass is 374 g/mol. The van der Waals surface area contributed by atoms with Crippen molar-refractivity contribution in [3.63, 3.8) is 0 Å². The summed E-state index contributed by atoms with van der Waals surface area (Å²) in [6, 6.07) is 9.50. The third-order valence-electron chi connectivity index (χ3n) is 4.29. The predicted molar refractivity (Wildman–Crippen MR) is 93.2 cm³/mol. The molecule has 1 heterocycles. The fourth-order valence-corrected chi connectivity index (χ4v) is 2.89. The summed E-state index contributed by atoms with van der Waals surface area (Å²) >= 11 is 0. The number of anilines is 2. The summed E-state index contributed by atoms with van der Waals surface area (Å²) in [4.78, 5) is 37.7. The van der Waals surface area contributed by atoms with Crippen molar-refractivity contribution in [2.45, 2.75) is 6.42 Å². The maximum Gasteiger partial charge on any atom is 0.337 e. The van der Waals surface area contributed by atoms with Gasteiger partial charge in [0.25, 0.3) is 0 Å². The van der Waals surface area contributed by atoms with Gasteiger partial charge in [-0.1, -0.05) is 12.1 Å². The number of para-hydroxylation sites is 1. The van der Waals surface area contributed by atoms with Crippen LogP contribution in [0.25, 0.3) is 0 Å². The van der Waals surface area contributed by atoms with Crippen molar-refractivity contribution in [1.82, 2.24) is 0 Å². The Balaban J connectivity index is 1.75. The van der Waals surface area contributed by atoms with Crippen LogP contribution in [0.4, 0.5) is 20.2 Å². The Morgan fingerprint density at radius 1 is 1.15 bits per heavy atom. The van der Waals surface area contributed by atoms with Gasteiger partial charge in [0.1, 0.15) is 17.3 Å². The molecule has 8 heteroatoms. The minimum absolute atomic E-state index is 0.0331. The van der Waals surface area contributed by atoms with E-state index in [9.17, 15) is 23.2 Å². The Bertz CT molecular complexity index is 896. The molecule has 1 unspecified atom stereocenters. The number of rotatable bonds is 4. The van der Waals surface area contributed by atoms with Crippen LogP contribution in [0, 0.1) is 17.6 Å². The number of esters is 1. The van der Waals surface area contributed by atoms with E-state index < -0.39 is 35.1 Å². The largest absolute Gasteiger partial charge is 0.465 e. The zero-order valence-corrected chi connectivity index (χ0v) is 14.4. The molecule has 0 aliphatic carbocycles. The lowest BCUT2D eigenvalue weighted by Gasteiger charge is -2.17. The first-order valence-corrected chi connectivity index (χ1v) is 8.14. The van der Waals surface area contributed by atoms with E-state index in [1.165, 1.54) is 24.1 Å². The topological polar surface area (TPSA) is 75.7 Å². The van der Waals surface area contributed by atoms with Crippen LogP contribution in [0.1, 0.15) is 16.8 Å². The Morgan fingerprint density at radius 2 is 1.81 bits per heavy atom. The van der Waals surface area contributed by atoms with Gasteiger partial charge in [-0.3, -0.25) is 9.59 Å². The molecule has 1 saturated heterocycles. The molecule has 0 spiro atoms. The predicted octanol–water partition coefficient (Wildman–Crippen LogP) is 2.74. The van der Waals surface area contributed by atoms with Gasteiger partial charge in [0.05, 0.1) is 18.6 Å². The van der Waals surface area contributed by atoms with Crippen LogP contribution in [0.5, 0.6) is 0 Å². The van der Waals surface area contributed by atoms with Crippen molar-refractivity contribution >= 4 is 29.2 Å². The van der Waals surface area contributed by atoms with Gasteiger partial charge in [-0.15, -0.1) is 0 Å². The smallest absolute Gasteiger partial charge is 0.337 e. The highest BCUT2D eigenvalue weighted by molar-refractivity contribution is 6.04. The quantitative estimate of drug-likeness (QED) is 0.835. The number of hydrogen-bond donors (Lipinski definition) is 1. The summed E-state index contributed by atoms with van der Waals surface area (Å²) in [6.07, 6.45) is -0.107. The van der Waals surface area contributed by atoms with Crippen LogP contribution in [0.15, 0.2) is 42.5 Å². The SMILES string of the molecule is COC(=O)c1cccc(N2CC(C(=O)Nc3c(F)cccc3F)CC2=O)c1. The fourth-order valence-electron chi connectivity index (χ4n) is 2.89. The molecule has 27 heavy (non-hydrogen) atoms. The molecule has 140 valence electrons. The van der Waals surface area contributed by atoms with Crippen LogP contribution < -0.4 is 10.2 Å². The molecule has 1 N–H and O–H groups in total. The van der Waals surface area contributed by atoms with E-state index >= 15 is 0 Å². The summed E-state index contributed by atoms with van der Waals surface area (Å²) < 4.78 is 32.0. The maximum atomic E-state index is 13.7. The number of carbonyl (C=O) groups excluding carboxylic acids is 3. The number of methoxy groups -OCH3 is 1. The highest BCUT2D eigenvalue weighted by atomic mass is 19.1. The van der Waals surface area contributed by atoms with Crippen LogP contribution >= 0.6 is 0 Å². The molecular weight excluding hydrogens is 358 g/mol. The van der Waals surface area contributed by atoms with Crippen molar-refractivity contribution in [3.05, 3.63) is 59.7 Å². The van der Waals surface area contributed by atoms with E-state index in [1.807, 2.05) is 0 Å². The van der Waals surface area contributed by atoms with Gasteiger partial charge in [-0.2, -0.15) is 0 Å². The highest BCUT2D eigenvalue weighted by Crippen LogP contribution is 2.28. The number of nitrogens with one attached hydrogen (secondary N) is 1. The Morgan fingerprint density at radius 3 is 2.48 bits per heavy atom. The second-order valence-electron chi connectivity index (χ2n) is 6.03. The Kier molecular flexibility index (Phi) is 5.16. The zero-order chi connectivity index (χ0) is 19.6. The first kappa shape index (κ1) is 18.5. The van der Waals surface area contributed by atoms with Gasteiger partial charge in [-0.05, 0) is 30.3 Å². The second-order valence-corrected chi connectivity index (χ2v) is 6.03. The summed E-state index contributed by atoms with van der Waals surface area (Å²) in [5.74, 6) is -4.10. The van der Waals surface area contributed by atoms with E-state index in [0.29, 0.717) is 5.69 Å². The van der Waals surface area contributed by atoms with Crippen LogP contribution in [0.2, 0.25) is 0 Å². The molecule has 0 bridgehead atoms. The van der Waals surface area contributed by atoms with Crippen molar-refractivity contribution < 1.29 is 27.9 Å². The van der Waals surface area contributed by atoms with Crippen LogP contribution in [-0.2, 0) is 14.3 Å².